The first-order valence-corrected chi connectivity index (χ1v) is 9.61. The number of primary sulfonamides is 1. The van der Waals surface area contributed by atoms with Crippen LogP contribution in [0.25, 0.3) is 0 Å². The van der Waals surface area contributed by atoms with Crippen molar-refractivity contribution in [3.8, 4) is 5.75 Å². The van der Waals surface area contributed by atoms with E-state index < -0.39 is 10.0 Å². The van der Waals surface area contributed by atoms with Gasteiger partial charge in [-0.3, -0.25) is 9.59 Å². The van der Waals surface area contributed by atoms with Crippen molar-refractivity contribution in [3.05, 3.63) is 53.6 Å². The highest BCUT2D eigenvalue weighted by molar-refractivity contribution is 7.89. The number of amides is 2. The minimum atomic E-state index is -4.00. The molecule has 0 heterocycles. The van der Waals surface area contributed by atoms with E-state index in [9.17, 15) is 18.0 Å². The molecule has 0 saturated heterocycles. The number of carbonyl (C=O) groups is 2. The molecule has 0 spiro atoms. The maximum absolute atomic E-state index is 12.1. The molecule has 27 heavy (non-hydrogen) atoms. The van der Waals surface area contributed by atoms with Gasteiger partial charge in [0, 0.05) is 24.2 Å². The van der Waals surface area contributed by atoms with E-state index in [4.69, 9.17) is 9.88 Å². The van der Waals surface area contributed by atoms with Gasteiger partial charge in [-0.15, -0.1) is 0 Å². The molecule has 144 valence electrons. The molecule has 0 aliphatic carbocycles. The van der Waals surface area contributed by atoms with Crippen molar-refractivity contribution in [1.82, 2.24) is 5.32 Å². The number of anilines is 1. The largest absolute Gasteiger partial charge is 0.495 e. The maximum Gasteiger partial charge on any atom is 0.251 e. The molecule has 8 nitrogen and oxygen atoms in total. The van der Waals surface area contributed by atoms with E-state index >= 15 is 0 Å². The summed E-state index contributed by atoms with van der Waals surface area (Å²) in [6, 6.07) is 11.3. The zero-order valence-electron chi connectivity index (χ0n) is 15.0. The standard InChI is InChI=1S/C18H21N3O5S/c1-12-5-3-4-6-14(12)18(23)20-10-9-17(22)21-13-7-8-15(26-2)16(11-13)27(19,24)25/h3-8,11H,9-10H2,1-2H3,(H,20,23)(H,21,22)(H2,19,24,25). The molecular formula is C18H21N3O5S. The molecule has 0 saturated carbocycles. The lowest BCUT2D eigenvalue weighted by molar-refractivity contribution is -0.116. The molecule has 2 aromatic carbocycles. The number of benzene rings is 2. The molecule has 0 atom stereocenters. The summed E-state index contributed by atoms with van der Waals surface area (Å²) in [5.41, 5.74) is 1.65. The third-order valence-corrected chi connectivity index (χ3v) is 4.71. The van der Waals surface area contributed by atoms with Crippen molar-refractivity contribution in [2.75, 3.05) is 19.0 Å². The molecule has 2 rings (SSSR count). The number of rotatable bonds is 7. The van der Waals surface area contributed by atoms with Crippen LogP contribution in [0.15, 0.2) is 47.4 Å². The number of aryl methyl sites for hydroxylation is 1. The van der Waals surface area contributed by atoms with E-state index in [0.29, 0.717) is 5.56 Å². The second kappa shape index (κ2) is 8.65. The summed E-state index contributed by atoms with van der Waals surface area (Å²) in [6.45, 7) is 1.96. The maximum atomic E-state index is 12.1. The smallest absolute Gasteiger partial charge is 0.251 e. The van der Waals surface area contributed by atoms with Crippen LogP contribution in [0, 0.1) is 6.92 Å². The Hall–Kier alpha value is -2.91. The number of methoxy groups -OCH3 is 1. The van der Waals surface area contributed by atoms with Gasteiger partial charge in [0.05, 0.1) is 7.11 Å². The van der Waals surface area contributed by atoms with Gasteiger partial charge < -0.3 is 15.4 Å². The minimum Gasteiger partial charge on any atom is -0.495 e. The number of nitrogens with two attached hydrogens (primary N) is 1. The highest BCUT2D eigenvalue weighted by Crippen LogP contribution is 2.26. The normalized spacial score (nSPS) is 10.9. The Kier molecular flexibility index (Phi) is 6.54. The summed E-state index contributed by atoms with van der Waals surface area (Å²) in [5.74, 6) is -0.562. The first-order valence-electron chi connectivity index (χ1n) is 8.07. The third kappa shape index (κ3) is 5.53. The first-order chi connectivity index (χ1) is 12.7. The summed E-state index contributed by atoms with van der Waals surface area (Å²) >= 11 is 0. The van der Waals surface area contributed by atoms with Gasteiger partial charge in [-0.1, -0.05) is 18.2 Å². The second-order valence-corrected chi connectivity index (χ2v) is 7.31. The Morgan fingerprint density at radius 3 is 2.48 bits per heavy atom. The Balaban J connectivity index is 1.94. The lowest BCUT2D eigenvalue weighted by Gasteiger charge is -2.11. The number of hydrogen-bond acceptors (Lipinski definition) is 5. The number of hydrogen-bond donors (Lipinski definition) is 3. The van der Waals surface area contributed by atoms with E-state index in [1.165, 1.54) is 25.3 Å². The van der Waals surface area contributed by atoms with Gasteiger partial charge in [0.1, 0.15) is 10.6 Å². The van der Waals surface area contributed by atoms with Gasteiger partial charge >= 0.3 is 0 Å². The van der Waals surface area contributed by atoms with Crippen LogP contribution in [0.4, 0.5) is 5.69 Å². The lowest BCUT2D eigenvalue weighted by atomic mass is 10.1. The number of nitrogens with one attached hydrogen (secondary N) is 2. The van der Waals surface area contributed by atoms with Crippen LogP contribution in [-0.4, -0.2) is 33.9 Å². The SMILES string of the molecule is COc1ccc(NC(=O)CCNC(=O)c2ccccc2C)cc1S(N)(=O)=O. The quantitative estimate of drug-likeness (QED) is 0.657. The summed E-state index contributed by atoms with van der Waals surface area (Å²) in [5, 5.41) is 10.4. The van der Waals surface area contributed by atoms with Crippen LogP contribution in [0.3, 0.4) is 0 Å². The van der Waals surface area contributed by atoms with Crippen molar-refractivity contribution >= 4 is 27.5 Å². The van der Waals surface area contributed by atoms with Gasteiger partial charge in [-0.05, 0) is 36.8 Å². The van der Waals surface area contributed by atoms with E-state index in [1.807, 2.05) is 19.1 Å². The van der Waals surface area contributed by atoms with Gasteiger partial charge in [-0.25, -0.2) is 13.6 Å². The van der Waals surface area contributed by atoms with Crippen molar-refractivity contribution in [2.45, 2.75) is 18.2 Å². The summed E-state index contributed by atoms with van der Waals surface area (Å²) in [6.07, 6.45) is 0.0222. The van der Waals surface area contributed by atoms with Crippen LogP contribution >= 0.6 is 0 Å². The van der Waals surface area contributed by atoms with Crippen molar-refractivity contribution in [3.63, 3.8) is 0 Å². The fourth-order valence-corrected chi connectivity index (χ4v) is 3.14. The van der Waals surface area contributed by atoms with Crippen LogP contribution < -0.4 is 20.5 Å². The molecule has 0 aromatic heterocycles. The van der Waals surface area contributed by atoms with Gasteiger partial charge in [0.2, 0.25) is 15.9 Å². The summed E-state index contributed by atoms with van der Waals surface area (Å²) in [7, 11) is -2.68. The molecule has 9 heteroatoms. The highest BCUT2D eigenvalue weighted by atomic mass is 32.2. The molecule has 0 aliphatic heterocycles. The van der Waals surface area contributed by atoms with Gasteiger partial charge in [0.15, 0.2) is 0 Å². The zero-order chi connectivity index (χ0) is 20.0. The Labute approximate surface area is 157 Å². The Morgan fingerprint density at radius 2 is 1.85 bits per heavy atom. The topological polar surface area (TPSA) is 128 Å². The van der Waals surface area contributed by atoms with E-state index in [0.717, 1.165) is 5.56 Å². The predicted octanol–water partition coefficient (Wildman–Crippen LogP) is 1.41. The zero-order valence-corrected chi connectivity index (χ0v) is 15.8. The molecule has 0 fully saturated rings. The molecule has 0 aliphatic rings. The monoisotopic (exact) mass is 391 g/mol. The predicted molar refractivity (Wildman–Crippen MR) is 101 cm³/mol. The van der Waals surface area contributed by atoms with Crippen LogP contribution in [0.5, 0.6) is 5.75 Å². The van der Waals surface area contributed by atoms with Crippen molar-refractivity contribution < 1.29 is 22.7 Å². The Morgan fingerprint density at radius 1 is 1.15 bits per heavy atom. The second-order valence-electron chi connectivity index (χ2n) is 5.78. The molecule has 2 amide bonds. The molecule has 2 aromatic rings. The first kappa shape index (κ1) is 20.4. The Bertz CT molecular complexity index is 957. The van der Waals surface area contributed by atoms with Crippen molar-refractivity contribution in [2.24, 2.45) is 5.14 Å². The highest BCUT2D eigenvalue weighted by Gasteiger charge is 2.16. The lowest BCUT2D eigenvalue weighted by Crippen LogP contribution is -2.28. The molecule has 0 radical (unpaired) electrons. The molecule has 0 bridgehead atoms. The van der Waals surface area contributed by atoms with Crippen LogP contribution in [0.2, 0.25) is 0 Å². The third-order valence-electron chi connectivity index (χ3n) is 3.78. The summed E-state index contributed by atoms with van der Waals surface area (Å²) in [4.78, 5) is 23.9. The van der Waals surface area contributed by atoms with E-state index in [2.05, 4.69) is 10.6 Å². The van der Waals surface area contributed by atoms with Crippen molar-refractivity contribution in [1.29, 1.82) is 0 Å². The number of ether oxygens (including phenoxy) is 1. The van der Waals surface area contributed by atoms with Gasteiger partial charge in [-0.2, -0.15) is 0 Å². The molecular weight excluding hydrogens is 370 g/mol. The summed E-state index contributed by atoms with van der Waals surface area (Å²) < 4.78 is 28.2. The average molecular weight is 391 g/mol. The van der Waals surface area contributed by atoms with Gasteiger partial charge in [0.25, 0.3) is 5.91 Å². The van der Waals surface area contributed by atoms with E-state index in [-0.39, 0.29) is 41.1 Å². The average Bonchev–Trinajstić information content (AvgIpc) is 2.61. The minimum absolute atomic E-state index is 0.0222. The fourth-order valence-electron chi connectivity index (χ4n) is 2.41. The van der Waals surface area contributed by atoms with Crippen LogP contribution in [-0.2, 0) is 14.8 Å². The number of carbonyl (C=O) groups excluding carboxylic acids is 2. The van der Waals surface area contributed by atoms with E-state index in [1.54, 1.807) is 12.1 Å². The number of sulfonamides is 1. The molecule has 0 unspecified atom stereocenters. The molecule has 4 N–H and O–H groups in total. The van der Waals surface area contributed by atoms with Crippen LogP contribution in [0.1, 0.15) is 22.3 Å². The fraction of sp³-hybridized carbons (Fsp3) is 0.222.